The van der Waals surface area contributed by atoms with Crippen LogP contribution in [-0.4, -0.2) is 50.0 Å². The van der Waals surface area contributed by atoms with Crippen molar-refractivity contribution >= 4 is 12.0 Å². The van der Waals surface area contributed by atoms with Gasteiger partial charge < -0.3 is 14.8 Å². The number of rotatable bonds is 9. The van der Waals surface area contributed by atoms with Crippen LogP contribution >= 0.6 is 0 Å². The van der Waals surface area contributed by atoms with Crippen LogP contribution in [0.1, 0.15) is 26.3 Å². The van der Waals surface area contributed by atoms with Crippen LogP contribution in [0, 0.1) is 5.82 Å². The Morgan fingerprint density at radius 2 is 2.00 bits per heavy atom. The minimum absolute atomic E-state index is 0.0191. The second-order valence-electron chi connectivity index (χ2n) is 7.25. The van der Waals surface area contributed by atoms with E-state index in [1.54, 1.807) is 6.08 Å². The quantitative estimate of drug-likeness (QED) is 0.491. The van der Waals surface area contributed by atoms with Crippen LogP contribution in [-0.2, 0) is 16.1 Å². The molecule has 3 rings (SSSR count). The van der Waals surface area contributed by atoms with Crippen LogP contribution in [0.15, 0.2) is 41.6 Å². The van der Waals surface area contributed by atoms with Gasteiger partial charge in [-0.1, -0.05) is 0 Å². The lowest BCUT2D eigenvalue weighted by molar-refractivity contribution is -0.122. The summed E-state index contributed by atoms with van der Waals surface area (Å²) in [5.74, 6) is -0.798. The predicted octanol–water partition coefficient (Wildman–Crippen LogP) is 2.17. The third-order valence-corrected chi connectivity index (χ3v) is 4.39. The Balaban J connectivity index is 2.06. The molecule has 0 saturated carbocycles. The second kappa shape index (κ2) is 10.5. The summed E-state index contributed by atoms with van der Waals surface area (Å²) in [5, 5.41) is 7.07. The van der Waals surface area contributed by atoms with Crippen LogP contribution in [0.2, 0.25) is 0 Å². The molecule has 2 aromatic heterocycles. The van der Waals surface area contributed by atoms with Gasteiger partial charge in [0.1, 0.15) is 6.54 Å². The van der Waals surface area contributed by atoms with Crippen molar-refractivity contribution in [2.45, 2.75) is 33.4 Å². The molecule has 0 unspecified atom stereocenters. The lowest BCUT2D eigenvalue weighted by Crippen LogP contribution is -2.36. The largest absolute Gasteiger partial charge is 0.501 e. The van der Waals surface area contributed by atoms with Gasteiger partial charge in [0.2, 0.25) is 5.91 Å². The molecule has 0 saturated heterocycles. The van der Waals surface area contributed by atoms with Gasteiger partial charge in [-0.15, -0.1) is 9.78 Å². The first-order valence-corrected chi connectivity index (χ1v) is 10.3. The Bertz CT molecular complexity index is 1200. The summed E-state index contributed by atoms with van der Waals surface area (Å²) in [5.41, 5.74) is 0.432. The third kappa shape index (κ3) is 5.62. The lowest BCUT2D eigenvalue weighted by Gasteiger charge is -2.10. The van der Waals surface area contributed by atoms with Gasteiger partial charge in [0.25, 0.3) is 5.95 Å². The highest BCUT2D eigenvalue weighted by molar-refractivity contribution is 5.76. The van der Waals surface area contributed by atoms with Gasteiger partial charge in [0.15, 0.2) is 17.4 Å². The number of hydrogen-bond acceptors (Lipinski definition) is 7. The van der Waals surface area contributed by atoms with Crippen molar-refractivity contribution in [2.24, 2.45) is 0 Å². The molecular formula is C22H25FN6O4. The Hall–Kier alpha value is -4.02. The molecule has 0 aliphatic heterocycles. The summed E-state index contributed by atoms with van der Waals surface area (Å²) in [6, 6.07) is 3.94. The maximum absolute atomic E-state index is 13.9. The molecule has 0 spiro atoms. The van der Waals surface area contributed by atoms with Crippen molar-refractivity contribution in [1.82, 2.24) is 29.6 Å². The summed E-state index contributed by atoms with van der Waals surface area (Å²) >= 11 is 0. The monoisotopic (exact) mass is 456 g/mol. The van der Waals surface area contributed by atoms with E-state index in [0.29, 0.717) is 17.7 Å². The molecule has 174 valence electrons. The standard InChI is InChI=1S/C22H25FN6O4/c1-5-33-9-8-15-11-24-21(25-12-15)29-22(31)28(13-19(30)26-14(2)3)20(27-29)16-6-7-17(23)18(10-16)32-4/h6-12,14H,5,13H2,1-4H3,(H,26,30)/b9-8-. The molecule has 0 radical (unpaired) electrons. The minimum Gasteiger partial charge on any atom is -0.501 e. The van der Waals surface area contributed by atoms with Crippen molar-refractivity contribution in [3.05, 3.63) is 58.7 Å². The fraction of sp³-hybridized carbons (Fsp3) is 0.318. The van der Waals surface area contributed by atoms with Crippen LogP contribution in [0.3, 0.4) is 0 Å². The molecule has 0 aliphatic rings. The molecule has 3 aromatic rings. The number of halogens is 1. The number of ether oxygens (including phenoxy) is 2. The average molecular weight is 456 g/mol. The maximum atomic E-state index is 13.9. The number of nitrogens with one attached hydrogen (secondary N) is 1. The number of carbonyl (C=O) groups is 1. The van der Waals surface area contributed by atoms with E-state index in [-0.39, 0.29) is 36.0 Å². The molecule has 1 amide bonds. The van der Waals surface area contributed by atoms with E-state index in [0.717, 1.165) is 4.68 Å². The second-order valence-corrected chi connectivity index (χ2v) is 7.25. The van der Waals surface area contributed by atoms with E-state index in [1.165, 1.54) is 48.5 Å². The van der Waals surface area contributed by atoms with Gasteiger partial charge in [-0.05, 0) is 45.0 Å². The predicted molar refractivity (Wildman–Crippen MR) is 119 cm³/mol. The zero-order valence-corrected chi connectivity index (χ0v) is 18.8. The molecule has 1 aromatic carbocycles. The highest BCUT2D eigenvalue weighted by Gasteiger charge is 2.21. The molecule has 10 nitrogen and oxygen atoms in total. The van der Waals surface area contributed by atoms with Crippen molar-refractivity contribution in [1.29, 1.82) is 0 Å². The molecule has 0 atom stereocenters. The van der Waals surface area contributed by atoms with Gasteiger partial charge in [-0.25, -0.2) is 19.2 Å². The average Bonchev–Trinajstić information content (AvgIpc) is 3.10. The Kier molecular flexibility index (Phi) is 7.54. The normalized spacial score (nSPS) is 11.2. The smallest absolute Gasteiger partial charge is 0.354 e. The molecule has 0 aliphatic carbocycles. The van der Waals surface area contributed by atoms with Gasteiger partial charge >= 0.3 is 5.69 Å². The fourth-order valence-corrected chi connectivity index (χ4v) is 2.94. The van der Waals surface area contributed by atoms with Crippen LogP contribution in [0.5, 0.6) is 5.75 Å². The van der Waals surface area contributed by atoms with E-state index < -0.39 is 11.5 Å². The number of amides is 1. The minimum atomic E-state index is -0.621. The van der Waals surface area contributed by atoms with E-state index in [1.807, 2.05) is 20.8 Å². The molecule has 0 bridgehead atoms. The number of benzene rings is 1. The number of hydrogen-bond donors (Lipinski definition) is 1. The summed E-state index contributed by atoms with van der Waals surface area (Å²) in [4.78, 5) is 34.0. The number of methoxy groups -OCH3 is 1. The Morgan fingerprint density at radius 3 is 2.64 bits per heavy atom. The first-order valence-electron chi connectivity index (χ1n) is 10.3. The van der Waals surface area contributed by atoms with Crippen molar-refractivity contribution in [3.8, 4) is 23.1 Å². The van der Waals surface area contributed by atoms with E-state index in [2.05, 4.69) is 20.4 Å². The molecule has 2 heterocycles. The molecule has 33 heavy (non-hydrogen) atoms. The highest BCUT2D eigenvalue weighted by Crippen LogP contribution is 2.25. The number of nitrogens with zero attached hydrogens (tertiary/aromatic N) is 5. The zero-order valence-electron chi connectivity index (χ0n) is 18.8. The number of aromatic nitrogens is 5. The lowest BCUT2D eigenvalue weighted by atomic mass is 10.2. The molecular weight excluding hydrogens is 431 g/mol. The van der Waals surface area contributed by atoms with Gasteiger partial charge in [-0.2, -0.15) is 0 Å². The molecule has 1 N–H and O–H groups in total. The van der Waals surface area contributed by atoms with Crippen LogP contribution in [0.25, 0.3) is 23.4 Å². The zero-order chi connectivity index (χ0) is 24.0. The van der Waals surface area contributed by atoms with E-state index in [9.17, 15) is 14.0 Å². The highest BCUT2D eigenvalue weighted by atomic mass is 19.1. The van der Waals surface area contributed by atoms with Crippen molar-refractivity contribution < 1.29 is 18.7 Å². The topological polar surface area (TPSA) is 113 Å². The van der Waals surface area contributed by atoms with Crippen LogP contribution < -0.4 is 15.7 Å². The molecule has 0 fully saturated rings. The summed E-state index contributed by atoms with van der Waals surface area (Å²) in [6.07, 6.45) is 6.22. The van der Waals surface area contributed by atoms with Crippen molar-refractivity contribution in [3.63, 3.8) is 0 Å². The van der Waals surface area contributed by atoms with Crippen molar-refractivity contribution in [2.75, 3.05) is 13.7 Å². The summed E-state index contributed by atoms with van der Waals surface area (Å²) in [7, 11) is 1.33. The van der Waals surface area contributed by atoms with Gasteiger partial charge in [0, 0.05) is 29.6 Å². The summed E-state index contributed by atoms with van der Waals surface area (Å²) in [6.45, 7) is 5.73. The first-order chi connectivity index (χ1) is 15.8. The maximum Gasteiger partial charge on any atom is 0.354 e. The Labute approximate surface area is 189 Å². The SMILES string of the molecule is CCO/C=C\c1cnc(-n2nc(-c3ccc(F)c(OC)c3)n(CC(=O)NC(C)C)c2=O)nc1. The van der Waals surface area contributed by atoms with Crippen LogP contribution in [0.4, 0.5) is 4.39 Å². The van der Waals surface area contributed by atoms with E-state index >= 15 is 0 Å². The first kappa shape index (κ1) is 23.6. The molecule has 11 heteroatoms. The number of carbonyl (C=O) groups excluding carboxylic acids is 1. The fourth-order valence-electron chi connectivity index (χ4n) is 2.94. The third-order valence-electron chi connectivity index (χ3n) is 4.39. The van der Waals surface area contributed by atoms with E-state index in [4.69, 9.17) is 9.47 Å². The van der Waals surface area contributed by atoms with Gasteiger partial charge in [0.05, 0.1) is 20.0 Å². The van der Waals surface area contributed by atoms with Gasteiger partial charge in [-0.3, -0.25) is 9.36 Å². The summed E-state index contributed by atoms with van der Waals surface area (Å²) < 4.78 is 26.3. The Morgan fingerprint density at radius 1 is 1.27 bits per heavy atom.